The number of nitrogens with zero attached hydrogens (tertiary/aromatic N) is 2. The minimum atomic E-state index is -0.0733. The van der Waals surface area contributed by atoms with Crippen LogP contribution < -0.4 is 9.80 Å². The SMILES string of the molecule is CC1(C)c2ccccc2-c2ccc(N(c3ccc(C4CC5CCC4C5)cc3)c3ccc(C4(c5ccc(N(c6ccccc6)c6ccccc6)cc5)CCC(C(C)(C)C)CC4)cc3)cc21. The number of para-hydroxylation sites is 2. The second-order valence-electron chi connectivity index (χ2n) is 21.4. The molecule has 0 radical (unpaired) electrons. The number of rotatable bonds is 9. The molecule has 11 rings (SSSR count). The number of benzene rings is 7. The van der Waals surface area contributed by atoms with Crippen molar-refractivity contribution in [1.29, 1.82) is 0 Å². The van der Waals surface area contributed by atoms with Gasteiger partial charge < -0.3 is 9.80 Å². The first-order valence-corrected chi connectivity index (χ1v) is 24.3. The predicted molar refractivity (Wildman–Crippen MR) is 270 cm³/mol. The lowest BCUT2D eigenvalue weighted by Gasteiger charge is -2.45. The summed E-state index contributed by atoms with van der Waals surface area (Å²) < 4.78 is 0. The minimum Gasteiger partial charge on any atom is -0.311 e. The summed E-state index contributed by atoms with van der Waals surface area (Å²) in [5.41, 5.74) is 17.3. The Labute approximate surface area is 383 Å². The van der Waals surface area contributed by atoms with E-state index in [0.29, 0.717) is 11.3 Å². The van der Waals surface area contributed by atoms with Crippen molar-refractivity contribution in [2.24, 2.45) is 23.2 Å². The molecule has 0 heterocycles. The van der Waals surface area contributed by atoms with Gasteiger partial charge in [0.1, 0.15) is 0 Å². The predicted octanol–water partition coefficient (Wildman–Crippen LogP) is 17.4. The molecule has 4 aliphatic rings. The summed E-state index contributed by atoms with van der Waals surface area (Å²) in [7, 11) is 0. The molecule has 0 aliphatic heterocycles. The Morgan fingerprint density at radius 3 is 1.47 bits per heavy atom. The van der Waals surface area contributed by atoms with Crippen molar-refractivity contribution in [3.63, 3.8) is 0 Å². The van der Waals surface area contributed by atoms with Crippen LogP contribution in [0.2, 0.25) is 0 Å². The molecule has 322 valence electrons. The first-order chi connectivity index (χ1) is 31.1. The summed E-state index contributed by atoms with van der Waals surface area (Å²) in [4.78, 5) is 4.90. The van der Waals surface area contributed by atoms with Crippen molar-refractivity contribution >= 4 is 34.1 Å². The van der Waals surface area contributed by atoms with Gasteiger partial charge in [-0.3, -0.25) is 0 Å². The van der Waals surface area contributed by atoms with Gasteiger partial charge in [-0.05, 0) is 186 Å². The van der Waals surface area contributed by atoms with Crippen LogP contribution in [0.4, 0.5) is 34.1 Å². The standard InChI is InChI=1S/C62H64N2/c1-60(2,3)46-36-38-62(39-37-46,47-24-30-52(31-25-47)63(49-14-8-6-9-15-49)50-16-10-7-11-17-50)48-26-32-53(33-27-48)64(51-28-22-44(23-29-51)57-41-43-20-21-45(57)40-43)54-34-35-56-55-18-12-13-19-58(55)61(4,5)59(56)42-54/h6-19,22-35,42-43,45-46,57H,20-21,36-41H2,1-5H3. The van der Waals surface area contributed by atoms with Crippen molar-refractivity contribution in [3.8, 4) is 11.1 Å². The molecule has 0 N–H and O–H groups in total. The van der Waals surface area contributed by atoms with Gasteiger partial charge in [-0.2, -0.15) is 0 Å². The van der Waals surface area contributed by atoms with Crippen LogP contribution in [0.5, 0.6) is 0 Å². The lowest BCUT2D eigenvalue weighted by Crippen LogP contribution is -2.36. The molecule has 2 nitrogen and oxygen atoms in total. The third-order valence-electron chi connectivity index (χ3n) is 16.6. The Morgan fingerprint density at radius 1 is 0.453 bits per heavy atom. The van der Waals surface area contributed by atoms with Crippen molar-refractivity contribution in [2.75, 3.05) is 9.80 Å². The summed E-state index contributed by atoms with van der Waals surface area (Å²) in [6.07, 6.45) is 10.4. The van der Waals surface area contributed by atoms with Crippen LogP contribution in [0.3, 0.4) is 0 Å². The van der Waals surface area contributed by atoms with Crippen LogP contribution in [0.15, 0.2) is 176 Å². The lowest BCUT2D eigenvalue weighted by atomic mass is 9.59. The quantitative estimate of drug-likeness (QED) is 0.143. The van der Waals surface area contributed by atoms with Gasteiger partial charge in [0.15, 0.2) is 0 Å². The van der Waals surface area contributed by atoms with Crippen LogP contribution in [0.1, 0.15) is 120 Å². The molecule has 0 saturated heterocycles. The van der Waals surface area contributed by atoms with E-state index >= 15 is 0 Å². The number of hydrogen-bond acceptors (Lipinski definition) is 2. The molecule has 2 heteroatoms. The topological polar surface area (TPSA) is 6.48 Å². The molecular formula is C62H64N2. The Hall–Kier alpha value is -5.86. The highest BCUT2D eigenvalue weighted by molar-refractivity contribution is 5.85. The summed E-state index contributed by atoms with van der Waals surface area (Å²) in [6, 6.07) is 66.9. The van der Waals surface area contributed by atoms with Crippen LogP contribution in [0.25, 0.3) is 11.1 Å². The maximum absolute atomic E-state index is 2.52. The number of fused-ring (bicyclic) bond motifs is 5. The van der Waals surface area contributed by atoms with Gasteiger partial charge in [-0.25, -0.2) is 0 Å². The molecule has 0 aromatic heterocycles. The second kappa shape index (κ2) is 16.0. The highest BCUT2D eigenvalue weighted by Crippen LogP contribution is 2.55. The van der Waals surface area contributed by atoms with Crippen molar-refractivity contribution in [2.45, 2.75) is 103 Å². The van der Waals surface area contributed by atoms with Gasteiger partial charge in [0.05, 0.1) is 0 Å². The third-order valence-corrected chi connectivity index (χ3v) is 16.6. The zero-order valence-electron chi connectivity index (χ0n) is 38.6. The molecular weight excluding hydrogens is 773 g/mol. The van der Waals surface area contributed by atoms with Gasteiger partial charge >= 0.3 is 0 Å². The molecule has 3 atom stereocenters. The molecule has 0 spiro atoms. The van der Waals surface area contributed by atoms with E-state index in [-0.39, 0.29) is 10.8 Å². The van der Waals surface area contributed by atoms with Crippen LogP contribution in [-0.2, 0) is 10.8 Å². The Balaban J connectivity index is 0.978. The highest BCUT2D eigenvalue weighted by Gasteiger charge is 2.42. The van der Waals surface area contributed by atoms with E-state index in [1.807, 2.05) is 0 Å². The first kappa shape index (κ1) is 40.9. The number of hydrogen-bond donors (Lipinski definition) is 0. The zero-order valence-corrected chi connectivity index (χ0v) is 38.6. The molecule has 3 fully saturated rings. The fourth-order valence-corrected chi connectivity index (χ4v) is 13.0. The van der Waals surface area contributed by atoms with Gasteiger partial charge in [-0.15, -0.1) is 0 Å². The Bertz CT molecular complexity index is 2690. The summed E-state index contributed by atoms with van der Waals surface area (Å²) in [5, 5.41) is 0. The largest absolute Gasteiger partial charge is 0.311 e. The molecule has 7 aromatic rings. The fourth-order valence-electron chi connectivity index (χ4n) is 13.0. The van der Waals surface area contributed by atoms with Crippen LogP contribution >= 0.6 is 0 Å². The van der Waals surface area contributed by atoms with Gasteiger partial charge in [0.25, 0.3) is 0 Å². The molecule has 0 amide bonds. The van der Waals surface area contributed by atoms with Crippen LogP contribution in [-0.4, -0.2) is 0 Å². The van der Waals surface area contributed by atoms with Gasteiger partial charge in [0, 0.05) is 45.0 Å². The molecule has 64 heavy (non-hydrogen) atoms. The lowest BCUT2D eigenvalue weighted by molar-refractivity contribution is 0.146. The van der Waals surface area contributed by atoms with Crippen molar-refractivity contribution in [1.82, 2.24) is 0 Å². The molecule has 4 aliphatic carbocycles. The fraction of sp³-hybridized carbons (Fsp3) is 0.323. The highest BCUT2D eigenvalue weighted by atomic mass is 15.1. The maximum atomic E-state index is 2.52. The smallest absolute Gasteiger partial charge is 0.0465 e. The minimum absolute atomic E-state index is 0.0698. The van der Waals surface area contributed by atoms with Gasteiger partial charge in [0.2, 0.25) is 0 Å². The summed E-state index contributed by atoms with van der Waals surface area (Å²) in [5.74, 6) is 3.23. The van der Waals surface area contributed by atoms with E-state index in [2.05, 4.69) is 220 Å². The van der Waals surface area contributed by atoms with E-state index in [1.54, 1.807) is 0 Å². The Kier molecular flexibility index (Phi) is 10.2. The average molecular weight is 837 g/mol. The molecule has 2 bridgehead atoms. The molecule has 7 aromatic carbocycles. The summed E-state index contributed by atoms with van der Waals surface area (Å²) in [6.45, 7) is 12.1. The zero-order chi connectivity index (χ0) is 43.6. The molecule has 3 unspecified atom stereocenters. The Morgan fingerprint density at radius 2 is 0.938 bits per heavy atom. The molecule has 3 saturated carbocycles. The second-order valence-corrected chi connectivity index (χ2v) is 21.4. The summed E-state index contributed by atoms with van der Waals surface area (Å²) >= 11 is 0. The van der Waals surface area contributed by atoms with Crippen molar-refractivity contribution in [3.05, 3.63) is 204 Å². The monoisotopic (exact) mass is 837 g/mol. The number of anilines is 6. The van der Waals surface area contributed by atoms with E-state index < -0.39 is 0 Å². The van der Waals surface area contributed by atoms with Gasteiger partial charge in [-0.1, -0.05) is 144 Å². The average Bonchev–Trinajstić information content (AvgIpc) is 4.03. The maximum Gasteiger partial charge on any atom is 0.0465 e. The van der Waals surface area contributed by atoms with Crippen LogP contribution in [0, 0.1) is 23.2 Å². The van der Waals surface area contributed by atoms with E-state index in [1.165, 1.54) is 112 Å². The first-order valence-electron chi connectivity index (χ1n) is 24.3. The normalized spacial score (nSPS) is 23.1. The van der Waals surface area contributed by atoms with E-state index in [4.69, 9.17) is 0 Å². The van der Waals surface area contributed by atoms with E-state index in [0.717, 1.165) is 30.6 Å². The van der Waals surface area contributed by atoms with E-state index in [9.17, 15) is 0 Å². The third kappa shape index (κ3) is 7.09. The van der Waals surface area contributed by atoms with Crippen molar-refractivity contribution < 1.29 is 0 Å².